The first-order valence-electron chi connectivity index (χ1n) is 21.0. The molecular formula is C47H52N8O7. The van der Waals surface area contributed by atoms with E-state index in [4.69, 9.17) is 24.2 Å². The first kappa shape index (κ1) is 42.0. The Balaban J connectivity index is 0.897. The van der Waals surface area contributed by atoms with Crippen molar-refractivity contribution in [3.63, 3.8) is 0 Å². The van der Waals surface area contributed by atoms with Gasteiger partial charge in [0.15, 0.2) is 0 Å². The van der Waals surface area contributed by atoms with Gasteiger partial charge in [-0.15, -0.1) is 0 Å². The number of hydrogen-bond donors (Lipinski definition) is 4. The number of carbonyl (C=O) groups is 4. The summed E-state index contributed by atoms with van der Waals surface area (Å²) in [6.45, 7) is 2.88. The molecule has 2 aromatic heterocycles. The van der Waals surface area contributed by atoms with Crippen molar-refractivity contribution in [2.45, 2.75) is 75.7 Å². The lowest BCUT2D eigenvalue weighted by Crippen LogP contribution is -2.56. The Morgan fingerprint density at radius 3 is 2.11 bits per heavy atom. The number of amides is 4. The number of H-pyrrole nitrogens is 2. The van der Waals surface area contributed by atoms with Crippen LogP contribution in [0.5, 0.6) is 0 Å². The molecule has 62 heavy (non-hydrogen) atoms. The lowest BCUT2D eigenvalue weighted by Gasteiger charge is -2.31. The summed E-state index contributed by atoms with van der Waals surface area (Å²) in [5.74, 6) is 0.311. The van der Waals surface area contributed by atoms with Crippen molar-refractivity contribution in [3.8, 4) is 22.4 Å². The Hall–Kier alpha value is -6.74. The fraction of sp³-hybridized carbons (Fsp3) is 0.362. The maximum absolute atomic E-state index is 14.1. The molecular weight excluding hydrogens is 789 g/mol. The minimum Gasteiger partial charge on any atom is -0.453 e. The third kappa shape index (κ3) is 8.71. The molecule has 15 nitrogen and oxygen atoms in total. The van der Waals surface area contributed by atoms with Gasteiger partial charge in [0, 0.05) is 62.1 Å². The van der Waals surface area contributed by atoms with Crippen molar-refractivity contribution in [3.05, 3.63) is 108 Å². The Labute approximate surface area is 359 Å². The van der Waals surface area contributed by atoms with E-state index in [0.717, 1.165) is 81.4 Å². The third-order valence-electron chi connectivity index (χ3n) is 12.4. The number of aliphatic imine (C=N–C) groups is 1. The van der Waals surface area contributed by atoms with Crippen LogP contribution in [0.25, 0.3) is 38.9 Å². The molecule has 2 fully saturated rings. The summed E-state index contributed by atoms with van der Waals surface area (Å²) in [7, 11) is 4.07. The number of para-hydroxylation sites is 1. The molecule has 0 saturated carbocycles. The quantitative estimate of drug-likeness (QED) is 0.0999. The summed E-state index contributed by atoms with van der Waals surface area (Å²) < 4.78 is 15.1. The van der Waals surface area contributed by atoms with Gasteiger partial charge in [-0.25, -0.2) is 14.6 Å². The molecule has 0 spiro atoms. The van der Waals surface area contributed by atoms with Crippen molar-refractivity contribution in [1.82, 2.24) is 35.4 Å². The number of nitrogens with zero attached hydrogens (tertiary/aromatic N) is 4. The molecule has 4 N–H and O–H groups in total. The van der Waals surface area contributed by atoms with Gasteiger partial charge < -0.3 is 44.6 Å². The fourth-order valence-electron chi connectivity index (χ4n) is 8.89. The summed E-state index contributed by atoms with van der Waals surface area (Å²) >= 11 is 0. The van der Waals surface area contributed by atoms with Crippen molar-refractivity contribution in [2.75, 3.05) is 34.4 Å². The maximum Gasteiger partial charge on any atom is 0.407 e. The molecule has 4 amide bonds. The number of allylic oxidation sites excluding steroid dienone is 1. The Morgan fingerprint density at radius 2 is 1.42 bits per heavy atom. The molecule has 0 aliphatic carbocycles. The summed E-state index contributed by atoms with van der Waals surface area (Å²) in [6.07, 6.45) is 7.86. The lowest BCUT2D eigenvalue weighted by molar-refractivity contribution is -0.136. The zero-order chi connectivity index (χ0) is 43.3. The molecule has 5 aromatic rings. The predicted octanol–water partition coefficient (Wildman–Crippen LogP) is 6.79. The van der Waals surface area contributed by atoms with Gasteiger partial charge in [0.25, 0.3) is 0 Å². The number of imidazole rings is 1. The predicted molar refractivity (Wildman–Crippen MR) is 235 cm³/mol. The van der Waals surface area contributed by atoms with Gasteiger partial charge in [-0.05, 0) is 72.1 Å². The highest BCUT2D eigenvalue weighted by atomic mass is 16.5. The number of aromatic nitrogens is 3. The largest absolute Gasteiger partial charge is 0.453 e. The maximum atomic E-state index is 14.1. The minimum atomic E-state index is -0.874. The molecule has 0 radical (unpaired) electrons. The number of likely N-dealkylation sites (tertiary alicyclic amines) is 2. The van der Waals surface area contributed by atoms with Crippen molar-refractivity contribution < 1.29 is 33.4 Å². The van der Waals surface area contributed by atoms with Crippen LogP contribution in [0, 0.1) is 0 Å². The smallest absolute Gasteiger partial charge is 0.407 e. The molecule has 15 heteroatoms. The average molecular weight is 841 g/mol. The van der Waals surface area contributed by atoms with E-state index in [9.17, 15) is 19.2 Å². The number of benzene rings is 3. The van der Waals surface area contributed by atoms with Crippen molar-refractivity contribution >= 4 is 46.2 Å². The van der Waals surface area contributed by atoms with E-state index in [1.54, 1.807) is 13.1 Å². The van der Waals surface area contributed by atoms with Gasteiger partial charge >= 0.3 is 12.2 Å². The number of nitrogens with one attached hydrogen (secondary N) is 4. The molecule has 0 bridgehead atoms. The van der Waals surface area contributed by atoms with E-state index < -0.39 is 30.4 Å². The average Bonchev–Trinajstić information content (AvgIpc) is 4.17. The molecule has 5 atom stereocenters. The zero-order valence-corrected chi connectivity index (χ0v) is 35.4. The normalized spacial score (nSPS) is 18.8. The van der Waals surface area contributed by atoms with E-state index >= 15 is 0 Å². The monoisotopic (exact) mass is 840 g/mol. The molecule has 3 aliphatic heterocycles. The highest BCUT2D eigenvalue weighted by Crippen LogP contribution is 2.35. The summed E-state index contributed by atoms with van der Waals surface area (Å²) in [4.78, 5) is 72.1. The SMILES string of the molecule is COC(=O)N[C@@H](Cc1c[nH]c2ccccc12)C(=O)N1CCC[C@H]1c1ncc(-c2ccc(-c3ccc(C4=CN=C([C@@H]5CCCN5C(=O)[C@@H](NC(=O)OC)[C@@H](C)OC)C4)cc3)cc2)[nH]1. The van der Waals surface area contributed by atoms with Gasteiger partial charge in [-0.2, -0.15) is 0 Å². The number of fused-ring (bicyclic) bond motifs is 1. The van der Waals surface area contributed by atoms with Crippen LogP contribution in [-0.2, 0) is 30.2 Å². The number of aromatic amines is 2. The van der Waals surface area contributed by atoms with Crippen LogP contribution >= 0.6 is 0 Å². The molecule has 3 aromatic carbocycles. The van der Waals surface area contributed by atoms with Gasteiger partial charge in [-0.3, -0.25) is 14.6 Å². The number of alkyl carbamates (subject to hydrolysis) is 2. The van der Waals surface area contributed by atoms with Crippen LogP contribution in [0.3, 0.4) is 0 Å². The van der Waals surface area contributed by atoms with Crippen LogP contribution in [0.15, 0.2) is 96.4 Å². The number of carbonyl (C=O) groups excluding carboxylic acids is 4. The van der Waals surface area contributed by atoms with E-state index in [2.05, 4.69) is 69.1 Å². The van der Waals surface area contributed by atoms with Gasteiger partial charge in [-0.1, -0.05) is 66.7 Å². The van der Waals surface area contributed by atoms with Crippen molar-refractivity contribution in [1.29, 1.82) is 0 Å². The molecule has 2 saturated heterocycles. The molecule has 3 aliphatic rings. The fourth-order valence-corrected chi connectivity index (χ4v) is 8.89. The van der Waals surface area contributed by atoms with Gasteiger partial charge in [0.2, 0.25) is 11.8 Å². The molecule has 0 unspecified atom stereocenters. The first-order valence-corrected chi connectivity index (χ1v) is 21.0. The minimum absolute atomic E-state index is 0.158. The summed E-state index contributed by atoms with van der Waals surface area (Å²) in [6, 6.07) is 22.5. The van der Waals surface area contributed by atoms with E-state index in [1.165, 1.54) is 21.3 Å². The number of hydrogen-bond acceptors (Lipinski definition) is 9. The highest BCUT2D eigenvalue weighted by Gasteiger charge is 2.40. The third-order valence-corrected chi connectivity index (χ3v) is 12.4. The van der Waals surface area contributed by atoms with Crippen LogP contribution in [0.4, 0.5) is 9.59 Å². The zero-order valence-electron chi connectivity index (χ0n) is 35.4. The molecule has 8 rings (SSSR count). The lowest BCUT2D eigenvalue weighted by atomic mass is 9.96. The van der Waals surface area contributed by atoms with E-state index in [0.29, 0.717) is 31.8 Å². The van der Waals surface area contributed by atoms with Gasteiger partial charge in [0.1, 0.15) is 17.9 Å². The highest BCUT2D eigenvalue weighted by molar-refractivity contribution is 6.04. The number of methoxy groups -OCH3 is 3. The van der Waals surface area contributed by atoms with Crippen LogP contribution in [0.1, 0.15) is 62.0 Å². The topological polar surface area (TPSA) is 183 Å². The van der Waals surface area contributed by atoms with Gasteiger partial charge in [0.05, 0.1) is 44.3 Å². The molecule has 322 valence electrons. The van der Waals surface area contributed by atoms with E-state index in [-0.39, 0.29) is 23.9 Å². The van der Waals surface area contributed by atoms with E-state index in [1.807, 2.05) is 46.5 Å². The summed E-state index contributed by atoms with van der Waals surface area (Å²) in [5.41, 5.74) is 8.92. The second-order valence-electron chi connectivity index (χ2n) is 16.0. The Morgan fingerprint density at radius 1 is 0.790 bits per heavy atom. The second-order valence-corrected chi connectivity index (χ2v) is 16.0. The Kier molecular flexibility index (Phi) is 12.5. The van der Waals surface area contributed by atoms with Crippen molar-refractivity contribution in [2.24, 2.45) is 4.99 Å². The first-order chi connectivity index (χ1) is 30.1. The van der Waals surface area contributed by atoms with Crippen LogP contribution < -0.4 is 10.6 Å². The van der Waals surface area contributed by atoms with Crippen LogP contribution in [-0.4, -0.2) is 113 Å². The summed E-state index contributed by atoms with van der Waals surface area (Å²) in [5, 5.41) is 6.43. The standard InChI is InChI=1S/C47H52N8O7/c1-28(60-2)42(53-47(59)62-4)45(57)54-21-7-11-40(54)37-23-33(25-49-37)31-15-13-29(14-16-31)30-17-19-32(20-18-30)39-27-50-43(51-39)41-12-8-22-55(41)44(56)38(52-46(58)61-3)24-34-26-48-36-10-6-5-9-35(34)36/h5-6,9-10,13-20,25-28,38,40-42,48H,7-8,11-12,21-24H2,1-4H3,(H,50,51)(H,52,58)(H,53,59)/t28-,38+,40+,41+,42+/m1/s1. The Bertz CT molecular complexity index is 2490. The molecule has 5 heterocycles. The van der Waals surface area contributed by atoms with Crippen LogP contribution in [0.2, 0.25) is 0 Å². The number of rotatable bonds is 13. The second kappa shape index (κ2) is 18.5. The number of ether oxygens (including phenoxy) is 3.